The maximum absolute atomic E-state index is 15.3. The zero-order valence-corrected chi connectivity index (χ0v) is 40.1. The lowest BCUT2D eigenvalue weighted by Crippen LogP contribution is -2.49. The van der Waals surface area contributed by atoms with Crippen molar-refractivity contribution in [3.63, 3.8) is 0 Å². The normalized spacial score (nSPS) is 13.0. The molecule has 2 amide bonds. The SMILES string of the molecule is CC(C)(C)OC(=O)N[C@@H](CCN(C(=O)CSCCOCCOCCOCCOCCC(=O)O)[C@@H](c1nc(-c2cc(F)ccc2F)cn1Cc1ccccc1)C(C)(C)C)C(=O)OC(C)(C)C. The fraction of sp³-hybridized carbons (Fsp3) is 0.596. The Morgan fingerprint density at radius 2 is 1.38 bits per heavy atom. The number of ether oxygens (including phenoxy) is 6. The van der Waals surface area contributed by atoms with Gasteiger partial charge in [-0.2, -0.15) is 0 Å². The van der Waals surface area contributed by atoms with Gasteiger partial charge in [0.1, 0.15) is 34.7 Å². The van der Waals surface area contributed by atoms with Gasteiger partial charge in [0.05, 0.1) is 76.8 Å². The van der Waals surface area contributed by atoms with E-state index >= 15 is 4.39 Å². The summed E-state index contributed by atoms with van der Waals surface area (Å²) < 4.78 is 64.8. The number of esters is 1. The number of amides is 2. The summed E-state index contributed by atoms with van der Waals surface area (Å²) in [5.74, 6) is -2.32. The summed E-state index contributed by atoms with van der Waals surface area (Å²) in [6, 6.07) is 10.7. The van der Waals surface area contributed by atoms with Gasteiger partial charge in [0.25, 0.3) is 0 Å². The Bertz CT molecular complexity index is 1950. The van der Waals surface area contributed by atoms with Crippen molar-refractivity contribution >= 4 is 35.7 Å². The number of carbonyl (C=O) groups is 4. The third-order valence-corrected chi connectivity index (χ3v) is 10.0. The van der Waals surface area contributed by atoms with Gasteiger partial charge in [-0.25, -0.2) is 23.4 Å². The molecular weight excluding hydrogens is 867 g/mol. The number of halogens is 2. The quantitative estimate of drug-likeness (QED) is 0.0563. The van der Waals surface area contributed by atoms with Crippen LogP contribution >= 0.6 is 11.8 Å². The van der Waals surface area contributed by atoms with Crippen LogP contribution in [0.4, 0.5) is 13.6 Å². The summed E-state index contributed by atoms with van der Waals surface area (Å²) in [5.41, 5.74) is -1.43. The number of aromatic nitrogens is 2. The molecule has 65 heavy (non-hydrogen) atoms. The molecule has 0 aliphatic carbocycles. The van der Waals surface area contributed by atoms with E-state index in [9.17, 15) is 23.6 Å². The number of rotatable bonds is 27. The van der Waals surface area contributed by atoms with Gasteiger partial charge in [-0.15, -0.1) is 11.8 Å². The number of nitrogens with zero attached hydrogens (tertiary/aromatic N) is 3. The fourth-order valence-corrected chi connectivity index (χ4v) is 7.11. The van der Waals surface area contributed by atoms with E-state index in [-0.39, 0.29) is 48.9 Å². The summed E-state index contributed by atoms with van der Waals surface area (Å²) in [7, 11) is 0. The molecule has 1 heterocycles. The Morgan fingerprint density at radius 3 is 1.95 bits per heavy atom. The first-order valence-electron chi connectivity index (χ1n) is 21.7. The number of imidazole rings is 1. The van der Waals surface area contributed by atoms with Gasteiger partial charge in [-0.1, -0.05) is 51.1 Å². The van der Waals surface area contributed by atoms with Gasteiger partial charge in [0, 0.05) is 30.6 Å². The van der Waals surface area contributed by atoms with Crippen LogP contribution in [0.15, 0.2) is 54.7 Å². The molecule has 0 unspecified atom stereocenters. The number of benzene rings is 2. The maximum atomic E-state index is 15.3. The molecule has 0 saturated carbocycles. The molecule has 15 nitrogen and oxygen atoms in total. The number of hydrogen-bond donors (Lipinski definition) is 2. The second kappa shape index (κ2) is 26.5. The third kappa shape index (κ3) is 21.0. The standard InChI is InChI=1S/C47H68F2N4O11S/c1-45(2,3)41(42-50-38(35-29-34(48)15-16-36(35)49)31-52(42)30-33-13-11-10-12-14-33)53(19-17-37(43(57)63-46(4,5)6)51-44(58)64-47(7,8)9)39(54)32-65-28-27-62-26-25-61-24-23-60-22-21-59-20-18-40(55)56/h10-16,29,31,37,41H,17-28,30,32H2,1-9H3,(H,51,58)(H,55,56)/t37-,41-/m0/s1. The molecule has 0 radical (unpaired) electrons. The average molecular weight is 935 g/mol. The number of hydrogen-bond acceptors (Lipinski definition) is 12. The van der Waals surface area contributed by atoms with Crippen LogP contribution in [-0.4, -0.2) is 132 Å². The van der Waals surface area contributed by atoms with E-state index < -0.39 is 58.4 Å². The summed E-state index contributed by atoms with van der Waals surface area (Å²) in [6.45, 7) is 18.8. The molecule has 0 fully saturated rings. The van der Waals surface area contributed by atoms with E-state index in [2.05, 4.69) is 5.32 Å². The topological polar surface area (TPSA) is 177 Å². The van der Waals surface area contributed by atoms with Crippen molar-refractivity contribution in [1.29, 1.82) is 0 Å². The van der Waals surface area contributed by atoms with Crippen LogP contribution in [0.3, 0.4) is 0 Å². The van der Waals surface area contributed by atoms with Crippen LogP contribution in [0.1, 0.15) is 92.6 Å². The molecule has 1 aromatic heterocycles. The highest BCUT2D eigenvalue weighted by Crippen LogP contribution is 2.40. The highest BCUT2D eigenvalue weighted by Gasteiger charge is 2.40. The fourth-order valence-electron chi connectivity index (χ4n) is 6.39. The first kappa shape index (κ1) is 54.7. The summed E-state index contributed by atoms with van der Waals surface area (Å²) >= 11 is 1.35. The van der Waals surface area contributed by atoms with Crippen molar-refractivity contribution in [2.24, 2.45) is 5.41 Å². The number of carbonyl (C=O) groups excluding carboxylic acids is 3. The Kier molecular flexibility index (Phi) is 22.3. The van der Waals surface area contributed by atoms with Crippen LogP contribution in [0.5, 0.6) is 0 Å². The zero-order chi connectivity index (χ0) is 48.2. The molecule has 3 aromatic rings. The Morgan fingerprint density at radius 1 is 0.800 bits per heavy atom. The Labute approximate surface area is 386 Å². The van der Waals surface area contributed by atoms with Crippen molar-refractivity contribution in [3.05, 3.63) is 77.8 Å². The second-order valence-electron chi connectivity index (χ2n) is 18.2. The Balaban J connectivity index is 1.86. The molecule has 2 aromatic carbocycles. The van der Waals surface area contributed by atoms with Crippen molar-refractivity contribution in [2.45, 2.75) is 105 Å². The largest absolute Gasteiger partial charge is 0.481 e. The van der Waals surface area contributed by atoms with Gasteiger partial charge in [-0.3, -0.25) is 9.59 Å². The number of aliphatic carboxylic acids is 1. The van der Waals surface area contributed by atoms with Crippen LogP contribution in [-0.2, 0) is 49.3 Å². The third-order valence-electron chi connectivity index (χ3n) is 9.12. The second-order valence-corrected chi connectivity index (χ2v) is 19.3. The van der Waals surface area contributed by atoms with E-state index in [0.717, 1.165) is 23.8 Å². The van der Waals surface area contributed by atoms with E-state index in [4.69, 9.17) is 38.5 Å². The lowest BCUT2D eigenvalue weighted by Gasteiger charge is -2.40. The molecule has 0 aliphatic rings. The lowest BCUT2D eigenvalue weighted by atomic mass is 9.84. The molecule has 2 atom stereocenters. The molecule has 0 saturated heterocycles. The molecule has 2 N–H and O–H groups in total. The predicted molar refractivity (Wildman–Crippen MR) is 244 cm³/mol. The van der Waals surface area contributed by atoms with Crippen molar-refractivity contribution in [2.75, 3.05) is 70.9 Å². The number of nitrogens with one attached hydrogen (secondary N) is 1. The lowest BCUT2D eigenvalue weighted by molar-refractivity contribution is -0.158. The number of carboxylic acids is 1. The zero-order valence-electron chi connectivity index (χ0n) is 39.3. The highest BCUT2D eigenvalue weighted by atomic mass is 32.2. The van der Waals surface area contributed by atoms with Crippen molar-refractivity contribution in [3.8, 4) is 11.3 Å². The molecule has 0 aliphatic heterocycles. The van der Waals surface area contributed by atoms with Crippen LogP contribution < -0.4 is 5.32 Å². The van der Waals surface area contributed by atoms with Gasteiger partial charge < -0.3 is 48.3 Å². The van der Waals surface area contributed by atoms with Gasteiger partial charge >= 0.3 is 18.0 Å². The van der Waals surface area contributed by atoms with E-state index in [1.54, 1.807) is 52.6 Å². The monoisotopic (exact) mass is 934 g/mol. The van der Waals surface area contributed by atoms with Gasteiger partial charge in [0.15, 0.2) is 0 Å². The van der Waals surface area contributed by atoms with E-state index in [1.807, 2.05) is 55.7 Å². The van der Waals surface area contributed by atoms with Gasteiger partial charge in [0.2, 0.25) is 5.91 Å². The Hall–Kier alpha value is -4.62. The molecule has 3 rings (SSSR count). The molecular formula is C47H68F2N4O11S. The number of alkyl carbamates (subject to hydrolysis) is 1. The average Bonchev–Trinajstić information content (AvgIpc) is 3.59. The first-order valence-corrected chi connectivity index (χ1v) is 22.9. The smallest absolute Gasteiger partial charge is 0.408 e. The minimum atomic E-state index is -1.21. The summed E-state index contributed by atoms with van der Waals surface area (Å²) in [6.07, 6.45) is 0.706. The molecule has 362 valence electrons. The molecule has 18 heteroatoms. The predicted octanol–water partition coefficient (Wildman–Crippen LogP) is 7.69. The van der Waals surface area contributed by atoms with Crippen molar-refractivity contribution < 1.29 is 61.5 Å². The van der Waals surface area contributed by atoms with Crippen molar-refractivity contribution in [1.82, 2.24) is 19.8 Å². The maximum Gasteiger partial charge on any atom is 0.408 e. The minimum Gasteiger partial charge on any atom is -0.481 e. The minimum absolute atomic E-state index is 0.0190. The van der Waals surface area contributed by atoms with Crippen LogP contribution in [0.25, 0.3) is 11.3 Å². The summed E-state index contributed by atoms with van der Waals surface area (Å²) in [5, 5.41) is 11.3. The molecule has 0 spiro atoms. The highest BCUT2D eigenvalue weighted by molar-refractivity contribution is 7.99. The van der Waals surface area contributed by atoms with E-state index in [0.29, 0.717) is 64.4 Å². The van der Waals surface area contributed by atoms with Crippen LogP contribution in [0, 0.1) is 17.0 Å². The van der Waals surface area contributed by atoms with E-state index in [1.165, 1.54) is 11.8 Å². The number of thioether (sulfide) groups is 1. The van der Waals surface area contributed by atoms with Gasteiger partial charge in [-0.05, 0) is 77.1 Å². The molecule has 0 bridgehead atoms. The number of carboxylic acid groups (broad SMARTS) is 1. The first-order chi connectivity index (χ1) is 30.5. The summed E-state index contributed by atoms with van der Waals surface area (Å²) in [4.78, 5) is 58.5. The van der Waals surface area contributed by atoms with Crippen LogP contribution in [0.2, 0.25) is 0 Å².